The lowest BCUT2D eigenvalue weighted by atomic mass is 10.0. The fraction of sp³-hybridized carbons (Fsp3) is 0.278. The summed E-state index contributed by atoms with van der Waals surface area (Å²) in [7, 11) is 0. The summed E-state index contributed by atoms with van der Waals surface area (Å²) in [6, 6.07) is 5.84. The fourth-order valence-electron chi connectivity index (χ4n) is 3.42. The Balaban J connectivity index is 1.69. The highest BCUT2D eigenvalue weighted by Gasteiger charge is 2.39. The van der Waals surface area contributed by atoms with Crippen LogP contribution in [0.3, 0.4) is 0 Å². The zero-order chi connectivity index (χ0) is 20.8. The van der Waals surface area contributed by atoms with E-state index in [1.165, 1.54) is 6.07 Å². The van der Waals surface area contributed by atoms with Crippen LogP contribution in [-0.4, -0.2) is 33.2 Å². The Labute approximate surface area is 160 Å². The first-order chi connectivity index (χ1) is 13.7. The lowest BCUT2D eigenvalue weighted by Crippen LogP contribution is -2.30. The number of hydrogen-bond donors (Lipinski definition) is 1. The summed E-state index contributed by atoms with van der Waals surface area (Å²) in [5.41, 5.74) is 0.402. The van der Waals surface area contributed by atoms with Crippen LogP contribution < -0.4 is 10.2 Å². The van der Waals surface area contributed by atoms with E-state index in [1.54, 1.807) is 16.3 Å². The molecule has 2 aromatic heterocycles. The van der Waals surface area contributed by atoms with Crippen molar-refractivity contribution in [2.75, 3.05) is 16.8 Å². The largest absolute Gasteiger partial charge is 0.471 e. The molecule has 1 amide bonds. The van der Waals surface area contributed by atoms with Gasteiger partial charge in [-0.2, -0.15) is 17.7 Å². The van der Waals surface area contributed by atoms with Crippen molar-refractivity contribution >= 4 is 23.2 Å². The molecule has 3 heterocycles. The van der Waals surface area contributed by atoms with Crippen LogP contribution in [-0.2, 0) is 4.79 Å². The first-order valence-corrected chi connectivity index (χ1v) is 8.68. The summed E-state index contributed by atoms with van der Waals surface area (Å²) in [5.74, 6) is -3.18. The van der Waals surface area contributed by atoms with Gasteiger partial charge in [0.25, 0.3) is 0 Å². The number of imidazole rings is 1. The van der Waals surface area contributed by atoms with Crippen LogP contribution in [0.4, 0.5) is 33.6 Å². The predicted octanol–water partition coefficient (Wildman–Crippen LogP) is 3.85. The van der Waals surface area contributed by atoms with Crippen molar-refractivity contribution in [2.24, 2.45) is 0 Å². The normalized spacial score (nSPS) is 17.1. The molecule has 1 fully saturated rings. The SMILES string of the molecule is O=C(Nc1cnc2ccc(N3CCC[C@@H]3c3cc(F)ccc3F)nn12)C(F)(F)F. The second-order valence-electron chi connectivity index (χ2n) is 6.57. The molecule has 6 nitrogen and oxygen atoms in total. The number of carbonyl (C=O) groups is 1. The fourth-order valence-corrected chi connectivity index (χ4v) is 3.42. The average molecular weight is 411 g/mol. The maximum atomic E-state index is 14.3. The van der Waals surface area contributed by atoms with E-state index in [4.69, 9.17) is 0 Å². The monoisotopic (exact) mass is 411 g/mol. The van der Waals surface area contributed by atoms with Gasteiger partial charge in [0.2, 0.25) is 0 Å². The van der Waals surface area contributed by atoms with E-state index in [0.717, 1.165) is 28.9 Å². The van der Waals surface area contributed by atoms with Crippen molar-refractivity contribution in [3.8, 4) is 0 Å². The number of rotatable bonds is 3. The molecule has 0 unspecified atom stereocenters. The predicted molar refractivity (Wildman–Crippen MR) is 93.4 cm³/mol. The van der Waals surface area contributed by atoms with Crippen LogP contribution >= 0.6 is 0 Å². The Morgan fingerprint density at radius 3 is 2.72 bits per heavy atom. The molecule has 0 bridgehead atoms. The summed E-state index contributed by atoms with van der Waals surface area (Å²) >= 11 is 0. The molecule has 1 aromatic carbocycles. The number of halogens is 5. The van der Waals surface area contributed by atoms with Crippen LogP contribution in [0.5, 0.6) is 0 Å². The molecule has 1 aliphatic heterocycles. The smallest absolute Gasteiger partial charge is 0.348 e. The van der Waals surface area contributed by atoms with E-state index in [9.17, 15) is 26.7 Å². The Morgan fingerprint density at radius 2 is 1.97 bits per heavy atom. The van der Waals surface area contributed by atoms with Crippen molar-refractivity contribution < 1.29 is 26.7 Å². The molecular formula is C18H14F5N5O. The lowest BCUT2D eigenvalue weighted by molar-refractivity contribution is -0.167. The number of hydrogen-bond acceptors (Lipinski definition) is 4. The highest BCUT2D eigenvalue weighted by atomic mass is 19.4. The average Bonchev–Trinajstić information content (AvgIpc) is 3.30. The minimum Gasteiger partial charge on any atom is -0.348 e. The zero-order valence-electron chi connectivity index (χ0n) is 14.7. The quantitative estimate of drug-likeness (QED) is 0.665. The van der Waals surface area contributed by atoms with E-state index >= 15 is 0 Å². The Bertz CT molecular complexity index is 1080. The lowest BCUT2D eigenvalue weighted by Gasteiger charge is -2.26. The number of anilines is 2. The number of carbonyl (C=O) groups excluding carboxylic acids is 1. The molecule has 152 valence electrons. The minimum absolute atomic E-state index is 0.181. The molecule has 29 heavy (non-hydrogen) atoms. The number of nitrogens with zero attached hydrogens (tertiary/aromatic N) is 4. The third-order valence-electron chi connectivity index (χ3n) is 4.71. The number of amides is 1. The highest BCUT2D eigenvalue weighted by molar-refractivity contribution is 5.94. The van der Waals surface area contributed by atoms with Gasteiger partial charge in [-0.25, -0.2) is 13.8 Å². The molecular weight excluding hydrogens is 397 g/mol. The number of fused-ring (bicyclic) bond motifs is 1. The van der Waals surface area contributed by atoms with E-state index in [2.05, 4.69) is 10.1 Å². The maximum Gasteiger partial charge on any atom is 0.471 e. The van der Waals surface area contributed by atoms with E-state index < -0.39 is 29.8 Å². The van der Waals surface area contributed by atoms with Crippen LogP contribution in [0.25, 0.3) is 5.65 Å². The van der Waals surface area contributed by atoms with Crippen molar-refractivity contribution in [1.82, 2.24) is 14.6 Å². The molecule has 0 saturated carbocycles. The third kappa shape index (κ3) is 3.59. The molecule has 1 aliphatic rings. The summed E-state index contributed by atoms with van der Waals surface area (Å²) in [6.45, 7) is 0.498. The van der Waals surface area contributed by atoms with Gasteiger partial charge in [-0.05, 0) is 43.2 Å². The molecule has 4 rings (SSSR count). The van der Waals surface area contributed by atoms with Gasteiger partial charge in [0.05, 0.1) is 12.2 Å². The van der Waals surface area contributed by atoms with Gasteiger partial charge in [-0.1, -0.05) is 0 Å². The van der Waals surface area contributed by atoms with Crippen molar-refractivity contribution in [1.29, 1.82) is 0 Å². The third-order valence-corrected chi connectivity index (χ3v) is 4.71. The van der Waals surface area contributed by atoms with Crippen molar-refractivity contribution in [3.05, 3.63) is 53.7 Å². The van der Waals surface area contributed by atoms with E-state index in [1.807, 2.05) is 0 Å². The van der Waals surface area contributed by atoms with Crippen LogP contribution in [0.2, 0.25) is 0 Å². The van der Waals surface area contributed by atoms with E-state index in [-0.39, 0.29) is 17.0 Å². The minimum atomic E-state index is -5.06. The van der Waals surface area contributed by atoms with Gasteiger partial charge < -0.3 is 10.2 Å². The van der Waals surface area contributed by atoms with Crippen LogP contribution in [0.15, 0.2) is 36.5 Å². The molecule has 0 radical (unpaired) electrons. The molecule has 1 saturated heterocycles. The van der Waals surface area contributed by atoms with Gasteiger partial charge in [-0.15, -0.1) is 5.10 Å². The topological polar surface area (TPSA) is 62.5 Å². The van der Waals surface area contributed by atoms with Gasteiger partial charge >= 0.3 is 12.1 Å². The molecule has 0 aliphatic carbocycles. The number of alkyl halides is 3. The highest BCUT2D eigenvalue weighted by Crippen LogP contribution is 2.36. The standard InChI is InChI=1S/C18H14F5N5O/c19-10-3-4-12(20)11(8-10)13-2-1-7-27(13)15-6-5-14-24-9-16(28(14)26-15)25-17(29)18(21,22)23/h3-6,8-9,13H,1-2,7H2,(H,25,29)/t13-/m1/s1. The van der Waals surface area contributed by atoms with Gasteiger partial charge in [0.1, 0.15) is 17.5 Å². The first-order valence-electron chi connectivity index (χ1n) is 8.68. The summed E-state index contributed by atoms with van der Waals surface area (Å²) < 4.78 is 66.6. The number of nitrogens with one attached hydrogen (secondary N) is 1. The van der Waals surface area contributed by atoms with Gasteiger partial charge in [0, 0.05) is 12.1 Å². The Morgan fingerprint density at radius 1 is 1.17 bits per heavy atom. The van der Waals surface area contributed by atoms with Crippen LogP contribution in [0, 0.1) is 11.6 Å². The molecule has 11 heteroatoms. The molecule has 3 aromatic rings. The summed E-state index contributed by atoms with van der Waals surface area (Å²) in [5, 5.41) is 5.99. The number of benzene rings is 1. The molecule has 1 N–H and O–H groups in total. The van der Waals surface area contributed by atoms with Crippen molar-refractivity contribution in [2.45, 2.75) is 25.1 Å². The molecule has 0 spiro atoms. The van der Waals surface area contributed by atoms with Gasteiger partial charge in [0.15, 0.2) is 11.5 Å². The van der Waals surface area contributed by atoms with Gasteiger partial charge in [-0.3, -0.25) is 4.79 Å². The maximum absolute atomic E-state index is 14.3. The summed E-state index contributed by atoms with van der Waals surface area (Å²) in [4.78, 5) is 16.9. The second kappa shape index (κ2) is 6.98. The first kappa shape index (κ1) is 19.1. The Hall–Kier alpha value is -3.24. The van der Waals surface area contributed by atoms with E-state index in [0.29, 0.717) is 25.2 Å². The van der Waals surface area contributed by atoms with Crippen molar-refractivity contribution in [3.63, 3.8) is 0 Å². The number of aromatic nitrogens is 3. The summed E-state index contributed by atoms with van der Waals surface area (Å²) in [6.07, 6.45) is -2.75. The molecule has 1 atom stereocenters. The van der Waals surface area contributed by atoms with Crippen LogP contribution in [0.1, 0.15) is 24.4 Å². The zero-order valence-corrected chi connectivity index (χ0v) is 14.7. The Kier molecular flexibility index (Phi) is 4.59. The second-order valence-corrected chi connectivity index (χ2v) is 6.57.